The maximum absolute atomic E-state index is 12.8. The van der Waals surface area contributed by atoms with Crippen molar-refractivity contribution in [2.24, 2.45) is 0 Å². The number of aliphatic hydroxyl groups is 1. The van der Waals surface area contributed by atoms with Gasteiger partial charge in [0.2, 0.25) is 0 Å². The average molecular weight is 306 g/mol. The Balaban J connectivity index is 2.57. The number of carbonyl (C=O) groups is 2. The van der Waals surface area contributed by atoms with Gasteiger partial charge in [0, 0.05) is 0 Å². The van der Waals surface area contributed by atoms with Gasteiger partial charge in [-0.2, -0.15) is 0 Å². The number of carboxylic acid groups (broad SMARTS) is 1. The van der Waals surface area contributed by atoms with Crippen LogP contribution in [0, 0.1) is 5.82 Å². The first-order chi connectivity index (χ1) is 9.31. The smallest absolute Gasteiger partial charge is 0.328 e. The molecule has 0 heterocycles. The van der Waals surface area contributed by atoms with Crippen molar-refractivity contribution in [3.8, 4) is 5.75 Å². The number of benzene rings is 1. The van der Waals surface area contributed by atoms with Crippen LogP contribution in [0.25, 0.3) is 0 Å². The van der Waals surface area contributed by atoms with Crippen molar-refractivity contribution in [3.63, 3.8) is 0 Å². The van der Waals surface area contributed by atoms with Crippen molar-refractivity contribution in [2.45, 2.75) is 19.1 Å². The molecule has 0 aromatic heterocycles. The van der Waals surface area contributed by atoms with E-state index in [9.17, 15) is 19.1 Å². The molecule has 8 heteroatoms. The third-order valence-corrected chi connectivity index (χ3v) is 2.61. The lowest BCUT2D eigenvalue weighted by atomic mass is 10.2. The van der Waals surface area contributed by atoms with E-state index in [-0.39, 0.29) is 10.8 Å². The van der Waals surface area contributed by atoms with E-state index in [1.54, 1.807) is 0 Å². The van der Waals surface area contributed by atoms with Gasteiger partial charge in [-0.1, -0.05) is 11.6 Å². The molecule has 110 valence electrons. The fourth-order valence-corrected chi connectivity index (χ4v) is 1.56. The predicted octanol–water partition coefficient (Wildman–Crippen LogP) is 0.808. The van der Waals surface area contributed by atoms with E-state index in [1.165, 1.54) is 13.0 Å². The van der Waals surface area contributed by atoms with Crippen LogP contribution < -0.4 is 10.1 Å². The molecule has 0 aliphatic heterocycles. The van der Waals surface area contributed by atoms with Crippen molar-refractivity contribution in [1.29, 1.82) is 0 Å². The maximum atomic E-state index is 12.8. The monoisotopic (exact) mass is 305 g/mol. The van der Waals surface area contributed by atoms with Crippen LogP contribution in [0.5, 0.6) is 5.75 Å². The van der Waals surface area contributed by atoms with Gasteiger partial charge in [-0.05, 0) is 25.1 Å². The second kappa shape index (κ2) is 7.06. The zero-order chi connectivity index (χ0) is 15.3. The summed E-state index contributed by atoms with van der Waals surface area (Å²) in [6, 6.07) is 1.93. The molecular formula is C12H13ClFNO5. The van der Waals surface area contributed by atoms with Crippen LogP contribution in [-0.4, -0.2) is 40.8 Å². The van der Waals surface area contributed by atoms with Gasteiger partial charge in [0.1, 0.15) is 11.6 Å². The van der Waals surface area contributed by atoms with Gasteiger partial charge >= 0.3 is 5.97 Å². The van der Waals surface area contributed by atoms with Crippen LogP contribution in [0.15, 0.2) is 18.2 Å². The molecule has 0 saturated heterocycles. The second-order valence-electron chi connectivity index (χ2n) is 3.99. The molecule has 0 radical (unpaired) electrons. The van der Waals surface area contributed by atoms with E-state index in [4.69, 9.17) is 21.4 Å². The number of aliphatic hydroxyl groups excluding tert-OH is 1. The van der Waals surface area contributed by atoms with Gasteiger partial charge in [-0.3, -0.25) is 4.79 Å². The summed E-state index contributed by atoms with van der Waals surface area (Å²) in [6.45, 7) is 0.721. The largest absolute Gasteiger partial charge is 0.482 e. The first-order valence-corrected chi connectivity index (χ1v) is 5.97. The number of carboxylic acids is 1. The summed E-state index contributed by atoms with van der Waals surface area (Å²) >= 11 is 5.69. The summed E-state index contributed by atoms with van der Waals surface area (Å²) in [5.74, 6) is -2.58. The maximum Gasteiger partial charge on any atom is 0.328 e. The molecular weight excluding hydrogens is 293 g/mol. The normalized spacial score (nSPS) is 13.4. The summed E-state index contributed by atoms with van der Waals surface area (Å²) in [4.78, 5) is 22.3. The SMILES string of the molecule is CC(O)C(NC(=O)COc1ccc(F)cc1Cl)C(=O)O. The lowest BCUT2D eigenvalue weighted by Gasteiger charge is -2.17. The van der Waals surface area contributed by atoms with Gasteiger partial charge in [0.15, 0.2) is 12.6 Å². The third kappa shape index (κ3) is 4.67. The summed E-state index contributed by atoms with van der Waals surface area (Å²) in [6.07, 6.45) is -1.26. The Hall–Kier alpha value is -1.86. The molecule has 1 aromatic carbocycles. The van der Waals surface area contributed by atoms with Gasteiger partial charge in [0.05, 0.1) is 11.1 Å². The van der Waals surface area contributed by atoms with E-state index < -0.39 is 36.4 Å². The van der Waals surface area contributed by atoms with Gasteiger partial charge in [-0.15, -0.1) is 0 Å². The van der Waals surface area contributed by atoms with E-state index in [2.05, 4.69) is 5.32 Å². The quantitative estimate of drug-likeness (QED) is 0.723. The average Bonchev–Trinajstić information content (AvgIpc) is 2.34. The Labute approximate surface area is 119 Å². The molecule has 1 aromatic rings. The predicted molar refractivity (Wildman–Crippen MR) is 68.2 cm³/mol. The Morgan fingerprint density at radius 1 is 1.50 bits per heavy atom. The minimum atomic E-state index is -1.44. The molecule has 0 aliphatic carbocycles. The number of carbonyl (C=O) groups excluding carboxylic acids is 1. The molecule has 0 fully saturated rings. The number of amides is 1. The Kier molecular flexibility index (Phi) is 5.72. The number of aliphatic carboxylic acids is 1. The molecule has 0 saturated carbocycles. The molecule has 20 heavy (non-hydrogen) atoms. The van der Waals surface area contributed by atoms with Gasteiger partial charge in [-0.25, -0.2) is 9.18 Å². The van der Waals surface area contributed by atoms with Gasteiger partial charge in [0.25, 0.3) is 5.91 Å². The summed E-state index contributed by atoms with van der Waals surface area (Å²) in [5, 5.41) is 20.0. The second-order valence-corrected chi connectivity index (χ2v) is 4.39. The van der Waals surface area contributed by atoms with Crippen molar-refractivity contribution in [3.05, 3.63) is 29.0 Å². The van der Waals surface area contributed by atoms with E-state index in [1.807, 2.05) is 0 Å². The van der Waals surface area contributed by atoms with Crippen LogP contribution in [0.1, 0.15) is 6.92 Å². The van der Waals surface area contributed by atoms with Crippen LogP contribution in [-0.2, 0) is 9.59 Å². The molecule has 6 nitrogen and oxygen atoms in total. The van der Waals surface area contributed by atoms with Crippen molar-refractivity contribution in [2.75, 3.05) is 6.61 Å². The number of halogens is 2. The molecule has 3 N–H and O–H groups in total. The Morgan fingerprint density at radius 2 is 2.15 bits per heavy atom. The number of ether oxygens (including phenoxy) is 1. The van der Waals surface area contributed by atoms with Crippen LogP contribution in [0.2, 0.25) is 5.02 Å². The lowest BCUT2D eigenvalue weighted by molar-refractivity contribution is -0.145. The van der Waals surface area contributed by atoms with Crippen LogP contribution in [0.3, 0.4) is 0 Å². The van der Waals surface area contributed by atoms with Crippen LogP contribution >= 0.6 is 11.6 Å². The highest BCUT2D eigenvalue weighted by molar-refractivity contribution is 6.32. The number of hydrogen-bond acceptors (Lipinski definition) is 4. The van der Waals surface area contributed by atoms with Crippen molar-refractivity contribution < 1.29 is 28.9 Å². The number of nitrogens with one attached hydrogen (secondary N) is 1. The first kappa shape index (κ1) is 16.2. The van der Waals surface area contributed by atoms with Crippen molar-refractivity contribution >= 4 is 23.5 Å². The fraction of sp³-hybridized carbons (Fsp3) is 0.333. The first-order valence-electron chi connectivity index (χ1n) is 5.59. The Bertz CT molecular complexity index is 509. The Morgan fingerprint density at radius 3 is 2.65 bits per heavy atom. The molecule has 2 unspecified atom stereocenters. The number of hydrogen-bond donors (Lipinski definition) is 3. The molecule has 1 rings (SSSR count). The lowest BCUT2D eigenvalue weighted by Crippen LogP contribution is -2.49. The minimum Gasteiger partial charge on any atom is -0.482 e. The van der Waals surface area contributed by atoms with Crippen LogP contribution in [0.4, 0.5) is 4.39 Å². The zero-order valence-electron chi connectivity index (χ0n) is 10.5. The highest BCUT2D eigenvalue weighted by atomic mass is 35.5. The van der Waals surface area contributed by atoms with E-state index >= 15 is 0 Å². The third-order valence-electron chi connectivity index (χ3n) is 2.32. The molecule has 0 bridgehead atoms. The van der Waals surface area contributed by atoms with E-state index in [0.717, 1.165) is 12.1 Å². The molecule has 0 spiro atoms. The van der Waals surface area contributed by atoms with Gasteiger partial charge < -0.3 is 20.3 Å². The fourth-order valence-electron chi connectivity index (χ4n) is 1.34. The standard InChI is InChI=1S/C12H13ClFNO5/c1-6(16)11(12(18)19)15-10(17)5-20-9-3-2-7(14)4-8(9)13/h2-4,6,11,16H,5H2,1H3,(H,15,17)(H,18,19). The molecule has 1 amide bonds. The molecule has 0 aliphatic rings. The zero-order valence-corrected chi connectivity index (χ0v) is 11.2. The highest BCUT2D eigenvalue weighted by Gasteiger charge is 2.25. The summed E-state index contributed by atoms with van der Waals surface area (Å²) in [7, 11) is 0. The van der Waals surface area contributed by atoms with Crippen molar-refractivity contribution in [1.82, 2.24) is 5.32 Å². The van der Waals surface area contributed by atoms with E-state index in [0.29, 0.717) is 0 Å². The molecule has 2 atom stereocenters. The summed E-state index contributed by atoms with van der Waals surface area (Å²) in [5.41, 5.74) is 0. The summed E-state index contributed by atoms with van der Waals surface area (Å²) < 4.78 is 17.8. The minimum absolute atomic E-state index is 0.0110. The topological polar surface area (TPSA) is 95.9 Å². The highest BCUT2D eigenvalue weighted by Crippen LogP contribution is 2.24. The number of rotatable bonds is 6.